The molecule has 1 amide bonds. The van der Waals surface area contributed by atoms with Crippen molar-refractivity contribution < 1.29 is 4.79 Å². The first-order valence-corrected chi connectivity index (χ1v) is 10.8. The predicted octanol–water partition coefficient (Wildman–Crippen LogP) is 3.63. The van der Waals surface area contributed by atoms with Gasteiger partial charge in [-0.15, -0.1) is 6.58 Å². The van der Waals surface area contributed by atoms with Crippen LogP contribution in [0.25, 0.3) is 22.1 Å². The van der Waals surface area contributed by atoms with Gasteiger partial charge in [0.1, 0.15) is 5.82 Å². The summed E-state index contributed by atoms with van der Waals surface area (Å²) < 4.78 is 2.20. The fourth-order valence-electron chi connectivity index (χ4n) is 4.36. The first-order valence-electron chi connectivity index (χ1n) is 10.8. The lowest BCUT2D eigenvalue weighted by atomic mass is 9.96. The fourth-order valence-corrected chi connectivity index (χ4v) is 4.36. The summed E-state index contributed by atoms with van der Waals surface area (Å²) in [6, 6.07) is 16.1. The van der Waals surface area contributed by atoms with Crippen LogP contribution in [0.15, 0.2) is 61.2 Å². The molecular formula is C24H26N6O. The summed E-state index contributed by atoms with van der Waals surface area (Å²) >= 11 is 0. The molecule has 0 spiro atoms. The highest BCUT2D eigenvalue weighted by Gasteiger charge is 2.27. The van der Waals surface area contributed by atoms with Crippen LogP contribution in [0.2, 0.25) is 0 Å². The highest BCUT2D eigenvalue weighted by atomic mass is 16.1. The fraction of sp³-hybridized carbons (Fsp3) is 0.292. The van der Waals surface area contributed by atoms with Crippen molar-refractivity contribution in [3.63, 3.8) is 0 Å². The van der Waals surface area contributed by atoms with Crippen LogP contribution in [-0.2, 0) is 17.9 Å². The molecule has 0 radical (unpaired) electrons. The van der Waals surface area contributed by atoms with Gasteiger partial charge in [0.2, 0.25) is 11.9 Å². The molecule has 5 rings (SSSR count). The topological polar surface area (TPSA) is 78.8 Å². The zero-order valence-corrected chi connectivity index (χ0v) is 17.4. The summed E-state index contributed by atoms with van der Waals surface area (Å²) in [5, 5.41) is 3.05. The summed E-state index contributed by atoms with van der Waals surface area (Å²) in [4.78, 5) is 27.7. The van der Waals surface area contributed by atoms with Crippen LogP contribution in [0.1, 0.15) is 18.7 Å². The summed E-state index contributed by atoms with van der Waals surface area (Å²) in [7, 11) is 0. The van der Waals surface area contributed by atoms with Crippen LogP contribution in [0.4, 0.5) is 5.95 Å². The molecule has 1 aliphatic heterocycles. The van der Waals surface area contributed by atoms with E-state index in [0.717, 1.165) is 59.8 Å². The van der Waals surface area contributed by atoms with Gasteiger partial charge in [0.05, 0.1) is 28.6 Å². The number of H-pyrrole nitrogens is 1. The third-order valence-electron chi connectivity index (χ3n) is 5.96. The largest absolute Gasteiger partial charge is 0.349 e. The molecule has 1 saturated heterocycles. The van der Waals surface area contributed by atoms with Crippen molar-refractivity contribution in [2.45, 2.75) is 25.9 Å². The molecule has 4 aromatic rings. The lowest BCUT2D eigenvalue weighted by molar-refractivity contribution is -0.125. The van der Waals surface area contributed by atoms with Gasteiger partial charge in [-0.25, -0.2) is 9.97 Å². The SMILES string of the molecule is C=CCn1c(N2CCC(C(=O)NCc3nc4ccccc4[nH]3)CC2)nc2ccccc21. The lowest BCUT2D eigenvalue weighted by Crippen LogP contribution is -2.41. The standard InChI is InChI=1S/C24H26N6O/c1-2-13-30-21-10-6-5-9-20(21)28-24(30)29-14-11-17(12-15-29)23(31)25-16-22-26-18-7-3-4-8-19(18)27-22/h2-10,17H,1,11-16H2,(H,25,31)(H,26,27). The van der Waals surface area contributed by atoms with Crippen LogP contribution < -0.4 is 10.2 Å². The minimum absolute atomic E-state index is 0.0119. The molecule has 3 heterocycles. The summed E-state index contributed by atoms with van der Waals surface area (Å²) in [6.07, 6.45) is 3.52. The average Bonchev–Trinajstić information content (AvgIpc) is 3.39. The number of piperidine rings is 1. The van der Waals surface area contributed by atoms with E-state index in [4.69, 9.17) is 4.98 Å². The Labute approximate surface area is 180 Å². The van der Waals surface area contributed by atoms with Gasteiger partial charge in [0.25, 0.3) is 0 Å². The van der Waals surface area contributed by atoms with Crippen molar-refractivity contribution in [2.75, 3.05) is 18.0 Å². The Balaban J connectivity index is 1.22. The Kier molecular flexibility index (Phi) is 5.16. The number of aromatic amines is 1. The number of rotatable bonds is 6. The van der Waals surface area contributed by atoms with Gasteiger partial charge in [0.15, 0.2) is 0 Å². The molecule has 0 aliphatic carbocycles. The number of fused-ring (bicyclic) bond motifs is 2. The number of hydrogen-bond acceptors (Lipinski definition) is 4. The minimum atomic E-state index is 0.0119. The number of amides is 1. The Morgan fingerprint density at radius 3 is 2.61 bits per heavy atom. The summed E-state index contributed by atoms with van der Waals surface area (Å²) in [5.41, 5.74) is 4.01. The number of allylic oxidation sites excluding steroid dienone is 1. The van der Waals surface area contributed by atoms with Crippen molar-refractivity contribution in [2.24, 2.45) is 5.92 Å². The van der Waals surface area contributed by atoms with E-state index in [1.807, 2.05) is 48.5 Å². The molecule has 0 atom stereocenters. The van der Waals surface area contributed by atoms with E-state index >= 15 is 0 Å². The average molecular weight is 415 g/mol. The maximum absolute atomic E-state index is 12.7. The van der Waals surface area contributed by atoms with Crippen LogP contribution in [0, 0.1) is 5.92 Å². The number of hydrogen-bond donors (Lipinski definition) is 2. The minimum Gasteiger partial charge on any atom is -0.349 e. The van der Waals surface area contributed by atoms with E-state index in [9.17, 15) is 4.79 Å². The quantitative estimate of drug-likeness (QED) is 0.472. The van der Waals surface area contributed by atoms with E-state index in [1.165, 1.54) is 0 Å². The van der Waals surface area contributed by atoms with Crippen molar-refractivity contribution in [1.82, 2.24) is 24.8 Å². The number of anilines is 1. The zero-order valence-electron chi connectivity index (χ0n) is 17.4. The van der Waals surface area contributed by atoms with E-state index < -0.39 is 0 Å². The van der Waals surface area contributed by atoms with Crippen molar-refractivity contribution in [1.29, 1.82) is 0 Å². The number of nitrogens with zero attached hydrogens (tertiary/aromatic N) is 4. The van der Waals surface area contributed by atoms with Crippen LogP contribution in [0.3, 0.4) is 0 Å². The highest BCUT2D eigenvalue weighted by molar-refractivity contribution is 5.80. The van der Waals surface area contributed by atoms with Crippen molar-refractivity contribution >= 4 is 33.9 Å². The molecule has 7 heteroatoms. The molecule has 31 heavy (non-hydrogen) atoms. The number of carbonyl (C=O) groups excluding carboxylic acids is 1. The number of para-hydroxylation sites is 4. The van der Waals surface area contributed by atoms with Crippen molar-refractivity contribution in [3.8, 4) is 0 Å². The van der Waals surface area contributed by atoms with Crippen molar-refractivity contribution in [3.05, 3.63) is 67.0 Å². The van der Waals surface area contributed by atoms with Gasteiger partial charge in [0, 0.05) is 25.6 Å². The molecule has 0 saturated carbocycles. The number of aromatic nitrogens is 4. The maximum Gasteiger partial charge on any atom is 0.223 e. The van der Waals surface area contributed by atoms with Gasteiger partial charge in [-0.1, -0.05) is 30.3 Å². The van der Waals surface area contributed by atoms with Gasteiger partial charge in [-0.3, -0.25) is 4.79 Å². The van der Waals surface area contributed by atoms with Gasteiger partial charge >= 0.3 is 0 Å². The van der Waals surface area contributed by atoms with Gasteiger partial charge in [-0.2, -0.15) is 0 Å². The second-order valence-corrected chi connectivity index (χ2v) is 7.98. The number of carbonyl (C=O) groups is 1. The molecule has 1 aliphatic rings. The highest BCUT2D eigenvalue weighted by Crippen LogP contribution is 2.27. The molecule has 158 valence electrons. The molecule has 0 bridgehead atoms. The molecule has 7 nitrogen and oxygen atoms in total. The maximum atomic E-state index is 12.7. The smallest absolute Gasteiger partial charge is 0.223 e. The van der Waals surface area contributed by atoms with Gasteiger partial charge in [-0.05, 0) is 37.1 Å². The number of imidazole rings is 2. The zero-order chi connectivity index (χ0) is 21.2. The number of nitrogens with one attached hydrogen (secondary N) is 2. The molecule has 2 aromatic carbocycles. The third-order valence-corrected chi connectivity index (χ3v) is 5.96. The molecule has 2 aromatic heterocycles. The monoisotopic (exact) mass is 414 g/mol. The van der Waals surface area contributed by atoms with E-state index in [-0.39, 0.29) is 11.8 Å². The number of benzene rings is 2. The van der Waals surface area contributed by atoms with Crippen LogP contribution >= 0.6 is 0 Å². The molecule has 2 N–H and O–H groups in total. The second kappa shape index (κ2) is 8.26. The van der Waals surface area contributed by atoms with E-state index in [2.05, 4.69) is 37.4 Å². The first-order chi connectivity index (χ1) is 15.2. The Hall–Kier alpha value is -3.61. The Morgan fingerprint density at radius 2 is 1.84 bits per heavy atom. The summed E-state index contributed by atoms with van der Waals surface area (Å²) in [5.74, 6) is 1.85. The third kappa shape index (κ3) is 3.79. The van der Waals surface area contributed by atoms with E-state index in [1.54, 1.807) is 0 Å². The molecule has 1 fully saturated rings. The lowest BCUT2D eigenvalue weighted by Gasteiger charge is -2.32. The van der Waals surface area contributed by atoms with E-state index in [0.29, 0.717) is 13.1 Å². The summed E-state index contributed by atoms with van der Waals surface area (Å²) in [6.45, 7) is 6.65. The molecule has 0 unspecified atom stereocenters. The first kappa shape index (κ1) is 19.4. The predicted molar refractivity (Wildman–Crippen MR) is 123 cm³/mol. The Morgan fingerprint density at radius 1 is 1.10 bits per heavy atom. The van der Waals surface area contributed by atoms with Crippen LogP contribution in [0.5, 0.6) is 0 Å². The van der Waals surface area contributed by atoms with Crippen LogP contribution in [-0.4, -0.2) is 38.5 Å². The normalized spacial score (nSPS) is 14.9. The van der Waals surface area contributed by atoms with Gasteiger partial charge < -0.3 is 19.8 Å². The Bertz CT molecular complexity index is 1200. The molecular weight excluding hydrogens is 388 g/mol. The second-order valence-electron chi connectivity index (χ2n) is 7.98.